The van der Waals surface area contributed by atoms with Crippen molar-refractivity contribution in [2.24, 2.45) is 7.05 Å². The summed E-state index contributed by atoms with van der Waals surface area (Å²) in [4.78, 5) is 22.1. The lowest BCUT2D eigenvalue weighted by atomic mass is 9.92. The van der Waals surface area contributed by atoms with Gasteiger partial charge in [0.1, 0.15) is 11.4 Å². The molecule has 4 aromatic heterocycles. The van der Waals surface area contributed by atoms with Crippen molar-refractivity contribution >= 4 is 33.5 Å². The molecule has 0 aliphatic carbocycles. The number of aryl methyl sites for hydroxylation is 1. The Morgan fingerprint density at radius 2 is 1.88 bits per heavy atom. The van der Waals surface area contributed by atoms with Crippen molar-refractivity contribution in [3.05, 3.63) is 108 Å². The van der Waals surface area contributed by atoms with E-state index in [0.29, 0.717) is 11.0 Å². The van der Waals surface area contributed by atoms with Gasteiger partial charge in [0.2, 0.25) is 0 Å². The molecule has 0 bridgehead atoms. The van der Waals surface area contributed by atoms with E-state index in [1.807, 2.05) is 62.6 Å². The summed E-state index contributed by atoms with van der Waals surface area (Å²) in [5, 5.41) is 17.5. The van der Waals surface area contributed by atoms with E-state index in [2.05, 4.69) is 48.5 Å². The van der Waals surface area contributed by atoms with Gasteiger partial charge in [0, 0.05) is 36.4 Å². The molecule has 9 nitrogen and oxygen atoms in total. The first-order chi connectivity index (χ1) is 19.5. The van der Waals surface area contributed by atoms with Gasteiger partial charge in [-0.25, -0.2) is 4.98 Å². The van der Waals surface area contributed by atoms with Crippen LogP contribution in [0.4, 0.5) is 5.82 Å². The zero-order chi connectivity index (χ0) is 27.6. The van der Waals surface area contributed by atoms with E-state index < -0.39 is 6.04 Å². The van der Waals surface area contributed by atoms with Crippen LogP contribution in [0.2, 0.25) is 0 Å². The van der Waals surface area contributed by atoms with Crippen LogP contribution in [0.15, 0.2) is 85.6 Å². The standard InChI is InChI=1S/C31H24N8O/c1-19(37-31(40)28-29-23(9-6-12-33-29)16-34-30(28)32)24-14-27-26(13-25(24)21-7-4-3-5-8-21)22(17-35-38-27)11-10-20-15-36-39(2)18-20/h3-9,12-19H,1-2H3,(H2,32,34)(H,37,40). The van der Waals surface area contributed by atoms with Gasteiger partial charge in [0.15, 0.2) is 0 Å². The lowest BCUT2D eigenvalue weighted by Crippen LogP contribution is -2.28. The van der Waals surface area contributed by atoms with E-state index in [0.717, 1.165) is 38.6 Å². The first-order valence-corrected chi connectivity index (χ1v) is 12.6. The highest BCUT2D eigenvalue weighted by Gasteiger charge is 2.21. The zero-order valence-corrected chi connectivity index (χ0v) is 21.8. The van der Waals surface area contributed by atoms with Crippen molar-refractivity contribution in [1.29, 1.82) is 0 Å². The van der Waals surface area contributed by atoms with Crippen LogP contribution in [0.1, 0.15) is 40.0 Å². The van der Waals surface area contributed by atoms with Crippen LogP contribution in [-0.2, 0) is 7.05 Å². The van der Waals surface area contributed by atoms with Crippen LogP contribution in [0.5, 0.6) is 0 Å². The maximum atomic E-state index is 13.5. The molecule has 0 aliphatic rings. The summed E-state index contributed by atoms with van der Waals surface area (Å²) in [6.07, 6.45) is 8.48. The number of nitrogens with one attached hydrogen (secondary N) is 1. The number of aromatic nitrogens is 6. The Hall–Kier alpha value is -5.62. The molecule has 40 heavy (non-hydrogen) atoms. The van der Waals surface area contributed by atoms with Gasteiger partial charge < -0.3 is 11.1 Å². The van der Waals surface area contributed by atoms with Crippen LogP contribution in [-0.4, -0.2) is 35.9 Å². The van der Waals surface area contributed by atoms with Crippen molar-refractivity contribution in [2.75, 3.05) is 5.73 Å². The number of fused-ring (bicyclic) bond motifs is 2. The Morgan fingerprint density at radius 1 is 1.02 bits per heavy atom. The molecule has 9 heteroatoms. The van der Waals surface area contributed by atoms with E-state index in [1.54, 1.807) is 35.5 Å². The van der Waals surface area contributed by atoms with Crippen LogP contribution in [0.25, 0.3) is 32.9 Å². The second-order valence-electron chi connectivity index (χ2n) is 9.39. The van der Waals surface area contributed by atoms with Crippen molar-refractivity contribution in [3.8, 4) is 23.0 Å². The number of anilines is 1. The second kappa shape index (κ2) is 10.3. The molecule has 6 aromatic rings. The summed E-state index contributed by atoms with van der Waals surface area (Å²) in [7, 11) is 1.85. The zero-order valence-electron chi connectivity index (χ0n) is 21.8. The Bertz CT molecular complexity index is 1950. The fourth-order valence-electron chi connectivity index (χ4n) is 4.70. The van der Waals surface area contributed by atoms with Crippen LogP contribution < -0.4 is 11.1 Å². The number of carbonyl (C=O) groups excluding carboxylic acids is 1. The van der Waals surface area contributed by atoms with Crippen LogP contribution in [0.3, 0.4) is 0 Å². The maximum absolute atomic E-state index is 13.5. The summed E-state index contributed by atoms with van der Waals surface area (Å²) in [6, 6.07) is 17.2. The molecular weight excluding hydrogens is 500 g/mol. The average molecular weight is 525 g/mol. The smallest absolute Gasteiger partial charge is 0.257 e. The molecule has 0 spiro atoms. The molecule has 0 radical (unpaired) electrons. The third-order valence-electron chi connectivity index (χ3n) is 6.66. The quantitative estimate of drug-likeness (QED) is 0.327. The molecule has 4 heterocycles. The first-order valence-electron chi connectivity index (χ1n) is 12.6. The number of nitrogens with two attached hydrogens (primary N) is 1. The Labute approximate surface area is 230 Å². The van der Waals surface area contributed by atoms with E-state index >= 15 is 0 Å². The molecule has 6 rings (SSSR count). The highest BCUT2D eigenvalue weighted by Crippen LogP contribution is 2.33. The SMILES string of the molecule is CC(NC(=O)c1c(N)ncc2cccnc12)c1cc2nncc(C#Cc3cnn(C)c3)c2cc1-c1ccccc1. The Morgan fingerprint density at radius 3 is 2.67 bits per heavy atom. The number of carbonyl (C=O) groups is 1. The molecule has 0 aliphatic heterocycles. The lowest BCUT2D eigenvalue weighted by molar-refractivity contribution is 0.0942. The molecule has 3 N–H and O–H groups in total. The van der Waals surface area contributed by atoms with Crippen LogP contribution >= 0.6 is 0 Å². The molecule has 0 saturated heterocycles. The fraction of sp³-hybridized carbons (Fsp3) is 0.0968. The molecule has 1 amide bonds. The summed E-state index contributed by atoms with van der Waals surface area (Å²) < 4.78 is 1.71. The van der Waals surface area contributed by atoms with Crippen molar-refractivity contribution in [2.45, 2.75) is 13.0 Å². The predicted octanol–water partition coefficient (Wildman–Crippen LogP) is 4.45. The van der Waals surface area contributed by atoms with E-state index in [1.165, 1.54) is 0 Å². The number of nitrogens with zero attached hydrogens (tertiary/aromatic N) is 6. The second-order valence-corrected chi connectivity index (χ2v) is 9.39. The van der Waals surface area contributed by atoms with Gasteiger partial charge in [-0.15, -0.1) is 0 Å². The molecule has 1 atom stereocenters. The summed E-state index contributed by atoms with van der Waals surface area (Å²) in [5.41, 5.74) is 11.9. The number of hydrogen-bond donors (Lipinski definition) is 2. The van der Waals surface area contributed by atoms with Gasteiger partial charge in [0.25, 0.3) is 5.91 Å². The van der Waals surface area contributed by atoms with Gasteiger partial charge in [-0.1, -0.05) is 42.2 Å². The highest BCUT2D eigenvalue weighted by atomic mass is 16.1. The largest absolute Gasteiger partial charge is 0.383 e. The van der Waals surface area contributed by atoms with Crippen molar-refractivity contribution in [3.63, 3.8) is 0 Å². The third-order valence-corrected chi connectivity index (χ3v) is 6.66. The average Bonchev–Trinajstić information content (AvgIpc) is 3.40. The molecule has 0 fully saturated rings. The number of hydrogen-bond acceptors (Lipinski definition) is 7. The van der Waals surface area contributed by atoms with Crippen molar-refractivity contribution < 1.29 is 4.79 Å². The van der Waals surface area contributed by atoms with E-state index in [4.69, 9.17) is 5.73 Å². The first kappa shape index (κ1) is 24.7. The summed E-state index contributed by atoms with van der Waals surface area (Å²) in [5.74, 6) is 6.14. The van der Waals surface area contributed by atoms with Gasteiger partial charge in [-0.3, -0.25) is 14.5 Å². The minimum absolute atomic E-state index is 0.125. The lowest BCUT2D eigenvalue weighted by Gasteiger charge is -2.20. The Balaban J connectivity index is 1.44. The van der Waals surface area contributed by atoms with Crippen molar-refractivity contribution in [1.82, 2.24) is 35.3 Å². The highest BCUT2D eigenvalue weighted by molar-refractivity contribution is 6.09. The predicted molar refractivity (Wildman–Crippen MR) is 154 cm³/mol. The maximum Gasteiger partial charge on any atom is 0.257 e. The molecule has 194 valence electrons. The molecule has 2 aromatic carbocycles. The number of rotatable bonds is 4. The molecule has 1 unspecified atom stereocenters. The number of nitrogen functional groups attached to an aromatic ring is 1. The minimum atomic E-state index is -0.405. The topological polar surface area (TPSA) is 124 Å². The molecular formula is C31H24N8O. The van der Waals surface area contributed by atoms with Gasteiger partial charge in [-0.05, 0) is 47.9 Å². The van der Waals surface area contributed by atoms with Crippen LogP contribution in [0, 0.1) is 11.8 Å². The Kier molecular flexibility index (Phi) is 6.34. The van der Waals surface area contributed by atoms with Gasteiger partial charge in [0.05, 0.1) is 40.6 Å². The monoisotopic (exact) mass is 524 g/mol. The number of pyridine rings is 2. The van der Waals surface area contributed by atoms with Gasteiger partial charge >= 0.3 is 0 Å². The molecule has 0 saturated carbocycles. The number of benzene rings is 2. The minimum Gasteiger partial charge on any atom is -0.383 e. The summed E-state index contributed by atoms with van der Waals surface area (Å²) >= 11 is 0. The van der Waals surface area contributed by atoms with E-state index in [9.17, 15) is 4.79 Å². The summed E-state index contributed by atoms with van der Waals surface area (Å²) in [6.45, 7) is 1.92. The number of amides is 1. The van der Waals surface area contributed by atoms with Gasteiger partial charge in [-0.2, -0.15) is 15.3 Å². The fourth-order valence-corrected chi connectivity index (χ4v) is 4.70. The normalized spacial score (nSPS) is 11.7. The third kappa shape index (κ3) is 4.70. The van der Waals surface area contributed by atoms with E-state index in [-0.39, 0.29) is 17.3 Å².